The average Bonchev–Trinajstić information content (AvgIpc) is 3.71. The van der Waals surface area contributed by atoms with Crippen LogP contribution in [0.5, 0.6) is 0 Å². The zero-order chi connectivity index (χ0) is 44.9. The van der Waals surface area contributed by atoms with E-state index in [0.29, 0.717) is 37.8 Å². The van der Waals surface area contributed by atoms with Crippen LogP contribution in [0.3, 0.4) is 0 Å². The summed E-state index contributed by atoms with van der Waals surface area (Å²) in [7, 11) is 1.30. The van der Waals surface area contributed by atoms with Gasteiger partial charge in [-0.25, -0.2) is 14.6 Å². The van der Waals surface area contributed by atoms with Crippen LogP contribution in [0.4, 0.5) is 41.2 Å². The van der Waals surface area contributed by atoms with Gasteiger partial charge >= 0.3 is 30.1 Å². The fourth-order valence-corrected chi connectivity index (χ4v) is 7.04. The molecule has 1 aromatic heterocycles. The standard InChI is InChI=1S/C43H46F7N5O6/c1-24-20-30(37(58)60-5)16-19-33(24)27-10-6-25(7-11-27)21-31(22-34(56)28-12-8-26(9-13-28)23-51-39(59)61-40(2,3)4)36(57)52-32-17-14-29(15-18-32)35-53-38(55-54-35)41(44,45)42(46,47)43(48,49)50/h6-7,10-11,14-20,26,28,31H,8-9,12-13,21-23H2,1-5H3,(H,51,59)(H,52,57)(H,53,54,55). The highest BCUT2D eigenvalue weighted by Crippen LogP contribution is 2.51. The van der Waals surface area contributed by atoms with Crippen molar-refractivity contribution in [2.75, 3.05) is 19.0 Å². The number of anilines is 1. The predicted octanol–water partition coefficient (Wildman–Crippen LogP) is 9.61. The maximum Gasteiger partial charge on any atom is 0.460 e. The maximum absolute atomic E-state index is 14.2. The first-order chi connectivity index (χ1) is 28.5. The van der Waals surface area contributed by atoms with E-state index in [1.54, 1.807) is 32.9 Å². The number of esters is 1. The highest BCUT2D eigenvalue weighted by molar-refractivity contribution is 5.96. The molecular weight excluding hydrogens is 815 g/mol. The molecule has 1 unspecified atom stereocenters. The number of amides is 2. The molecule has 1 fully saturated rings. The molecule has 11 nitrogen and oxygen atoms in total. The van der Waals surface area contributed by atoms with E-state index in [0.717, 1.165) is 22.3 Å². The number of carbonyl (C=O) groups is 4. The Morgan fingerprint density at radius 3 is 2.05 bits per heavy atom. The predicted molar refractivity (Wildman–Crippen MR) is 210 cm³/mol. The number of H-pyrrole nitrogens is 1. The number of hydrogen-bond donors (Lipinski definition) is 3. The number of nitrogens with zero attached hydrogens (tertiary/aromatic N) is 2. The third kappa shape index (κ3) is 11.3. The summed E-state index contributed by atoms with van der Waals surface area (Å²) in [5.74, 6) is -16.8. The first kappa shape index (κ1) is 46.3. The van der Waals surface area contributed by atoms with E-state index >= 15 is 0 Å². The molecule has 0 saturated heterocycles. The Morgan fingerprint density at radius 1 is 0.852 bits per heavy atom. The molecule has 18 heteroatoms. The molecule has 2 amide bonds. The van der Waals surface area contributed by atoms with Gasteiger partial charge in [0, 0.05) is 36.1 Å². The van der Waals surface area contributed by atoms with E-state index in [1.807, 2.05) is 37.3 Å². The topological polar surface area (TPSA) is 152 Å². The lowest BCUT2D eigenvalue weighted by Crippen LogP contribution is -2.50. The molecule has 1 heterocycles. The van der Waals surface area contributed by atoms with E-state index in [1.165, 1.54) is 36.5 Å². The molecule has 0 bridgehead atoms. The van der Waals surface area contributed by atoms with Crippen molar-refractivity contribution >= 4 is 29.4 Å². The Labute approximate surface area is 347 Å². The smallest absolute Gasteiger partial charge is 0.460 e. The summed E-state index contributed by atoms with van der Waals surface area (Å²) in [5.41, 5.74) is 3.25. The van der Waals surface area contributed by atoms with Crippen molar-refractivity contribution in [3.63, 3.8) is 0 Å². The van der Waals surface area contributed by atoms with E-state index in [9.17, 15) is 49.9 Å². The Bertz CT molecular complexity index is 2190. The summed E-state index contributed by atoms with van der Waals surface area (Å²) in [6, 6.07) is 17.8. The lowest BCUT2D eigenvalue weighted by atomic mass is 9.77. The normalized spacial score (nSPS) is 16.7. The summed E-state index contributed by atoms with van der Waals surface area (Å²) in [6.07, 6.45) is -4.49. The summed E-state index contributed by atoms with van der Waals surface area (Å²) in [4.78, 5) is 55.0. The molecule has 1 atom stereocenters. The summed E-state index contributed by atoms with van der Waals surface area (Å²) >= 11 is 0. The minimum absolute atomic E-state index is 0.0366. The number of aromatic nitrogens is 3. The Hall–Kier alpha value is -5.81. The molecule has 328 valence electrons. The zero-order valence-electron chi connectivity index (χ0n) is 34.0. The molecule has 61 heavy (non-hydrogen) atoms. The molecule has 0 spiro atoms. The minimum atomic E-state index is -6.56. The van der Waals surface area contributed by atoms with Crippen LogP contribution in [-0.4, -0.2) is 70.3 Å². The third-order valence-corrected chi connectivity index (χ3v) is 10.4. The van der Waals surface area contributed by atoms with Gasteiger partial charge in [-0.1, -0.05) is 30.3 Å². The maximum atomic E-state index is 14.2. The highest BCUT2D eigenvalue weighted by atomic mass is 19.4. The van der Waals surface area contributed by atoms with Crippen molar-refractivity contribution in [1.82, 2.24) is 20.5 Å². The number of rotatable bonds is 14. The molecule has 3 aromatic carbocycles. The van der Waals surface area contributed by atoms with Gasteiger partial charge in [-0.05, 0) is 124 Å². The van der Waals surface area contributed by atoms with E-state index in [4.69, 9.17) is 9.47 Å². The van der Waals surface area contributed by atoms with E-state index in [-0.39, 0.29) is 41.7 Å². The second kappa shape index (κ2) is 18.4. The quantitative estimate of drug-likeness (QED) is 0.0838. The van der Waals surface area contributed by atoms with Crippen molar-refractivity contribution in [1.29, 1.82) is 0 Å². The van der Waals surface area contributed by atoms with Crippen molar-refractivity contribution in [2.45, 2.75) is 89.8 Å². The number of nitrogens with one attached hydrogen (secondary N) is 3. The molecule has 4 aromatic rings. The van der Waals surface area contributed by atoms with Crippen LogP contribution in [0.25, 0.3) is 22.5 Å². The second-order valence-electron chi connectivity index (χ2n) is 16.1. The largest absolute Gasteiger partial charge is 0.465 e. The first-order valence-electron chi connectivity index (χ1n) is 19.4. The number of Topliss-reactive ketones (excluding diaryl/α,β-unsaturated/α-hetero) is 1. The van der Waals surface area contributed by atoms with Gasteiger partial charge < -0.3 is 20.1 Å². The van der Waals surface area contributed by atoms with Crippen molar-refractivity contribution < 1.29 is 59.4 Å². The van der Waals surface area contributed by atoms with Gasteiger partial charge in [0.25, 0.3) is 0 Å². The monoisotopic (exact) mass is 861 g/mol. The van der Waals surface area contributed by atoms with Gasteiger partial charge in [0.05, 0.1) is 12.7 Å². The summed E-state index contributed by atoms with van der Waals surface area (Å²) in [6.45, 7) is 7.57. The van der Waals surface area contributed by atoms with Crippen LogP contribution in [0.2, 0.25) is 0 Å². The summed E-state index contributed by atoms with van der Waals surface area (Å²) < 4.78 is 104. The Morgan fingerprint density at radius 2 is 1.48 bits per heavy atom. The van der Waals surface area contributed by atoms with Crippen LogP contribution < -0.4 is 10.6 Å². The number of alkyl halides is 7. The molecule has 3 N–H and O–H groups in total. The molecule has 1 aliphatic carbocycles. The number of alkyl carbamates (subject to hydrolysis) is 1. The lowest BCUT2D eigenvalue weighted by Gasteiger charge is -2.29. The van der Waals surface area contributed by atoms with E-state index in [2.05, 4.69) is 20.7 Å². The molecule has 5 rings (SSSR count). The number of carbonyl (C=O) groups excluding carboxylic acids is 4. The average molecular weight is 862 g/mol. The van der Waals surface area contributed by atoms with Gasteiger partial charge in [0.15, 0.2) is 5.82 Å². The van der Waals surface area contributed by atoms with Gasteiger partial charge in [0.1, 0.15) is 11.4 Å². The van der Waals surface area contributed by atoms with Crippen molar-refractivity contribution in [2.24, 2.45) is 17.8 Å². The lowest BCUT2D eigenvalue weighted by molar-refractivity contribution is -0.361. The minimum Gasteiger partial charge on any atom is -0.465 e. The zero-order valence-corrected chi connectivity index (χ0v) is 34.0. The number of aromatic amines is 1. The van der Waals surface area contributed by atoms with E-state index < -0.39 is 59.2 Å². The highest BCUT2D eigenvalue weighted by Gasteiger charge is 2.75. The van der Waals surface area contributed by atoms with Gasteiger partial charge in [-0.2, -0.15) is 35.8 Å². The van der Waals surface area contributed by atoms with Crippen molar-refractivity contribution in [3.05, 3.63) is 89.2 Å². The fourth-order valence-electron chi connectivity index (χ4n) is 7.04. The van der Waals surface area contributed by atoms with Crippen LogP contribution in [-0.2, 0) is 31.4 Å². The molecule has 1 aliphatic rings. The Balaban J connectivity index is 1.29. The van der Waals surface area contributed by atoms with Crippen molar-refractivity contribution in [3.8, 4) is 22.5 Å². The molecular formula is C43H46F7N5O6. The molecule has 0 aliphatic heterocycles. The second-order valence-corrected chi connectivity index (χ2v) is 16.1. The van der Waals surface area contributed by atoms with Crippen LogP contribution >= 0.6 is 0 Å². The third-order valence-electron chi connectivity index (χ3n) is 10.4. The fraction of sp³-hybridized carbons (Fsp3) is 0.442. The van der Waals surface area contributed by atoms with Crippen LogP contribution in [0.1, 0.15) is 80.2 Å². The van der Waals surface area contributed by atoms with Gasteiger partial charge in [-0.3, -0.25) is 14.7 Å². The van der Waals surface area contributed by atoms with Gasteiger partial charge in [-0.15, -0.1) is 0 Å². The van der Waals surface area contributed by atoms with Crippen LogP contribution in [0.15, 0.2) is 66.7 Å². The number of ether oxygens (including phenoxy) is 2. The number of benzene rings is 3. The number of aryl methyl sites for hydroxylation is 1. The van der Waals surface area contributed by atoms with Crippen LogP contribution in [0, 0.1) is 24.7 Å². The number of halogens is 7. The Kier molecular flexibility index (Phi) is 14.0. The number of hydrogen-bond acceptors (Lipinski definition) is 8. The van der Waals surface area contributed by atoms with Gasteiger partial charge in [0.2, 0.25) is 11.7 Å². The SMILES string of the molecule is COC(=O)c1ccc(-c2ccc(CC(CC(=O)C3CCC(CNC(=O)OC(C)(C)C)CC3)C(=O)Nc3ccc(-c4n[nH]c(C(F)(F)C(F)(F)C(F)(F)F)n4)cc3)cc2)c(C)c1. The summed E-state index contributed by atoms with van der Waals surface area (Å²) in [5, 5.41) is 10.4. The number of ketones is 1. The number of methoxy groups -OCH3 is 1. The first-order valence-corrected chi connectivity index (χ1v) is 19.4. The molecule has 1 saturated carbocycles. The molecule has 0 radical (unpaired) electrons.